The fraction of sp³-hybridized carbons (Fsp3) is 0.867. The van der Waals surface area contributed by atoms with Crippen molar-refractivity contribution >= 4 is 0 Å². The van der Waals surface area contributed by atoms with E-state index in [1.807, 2.05) is 20.3 Å². The SMILES string of the molecule is CC(C)(C)[N]=[Ti+2].CN1CCN(C)CCN(C)CC1.[CH3-].[CH3-]. The standard InChI is InChI=1S/C9H21N3.C4H9N.2CH3.Ti/c1-10-4-6-11(2)8-9-12(3)7-5-10;1-4(2,3)5;;;/h4-9H2,1-3H3;1-3H3;2*1H3;/q;;2*-1;+2. The number of likely N-dealkylation sites (N-methyl/N-ethyl adjacent to an activating group) is 3. The molecule has 120 valence electrons. The van der Waals surface area contributed by atoms with Crippen LogP contribution in [-0.4, -0.2) is 80.7 Å². The minimum absolute atomic E-state index is 0. The fourth-order valence-corrected chi connectivity index (χ4v) is 1.36. The maximum Gasteiger partial charge on any atom is 0.0107 e. The summed E-state index contributed by atoms with van der Waals surface area (Å²) in [7, 11) is 6.60. The van der Waals surface area contributed by atoms with Gasteiger partial charge in [0.1, 0.15) is 0 Å². The van der Waals surface area contributed by atoms with Gasteiger partial charge in [0.05, 0.1) is 0 Å². The summed E-state index contributed by atoms with van der Waals surface area (Å²) in [5.41, 5.74) is 0.167. The van der Waals surface area contributed by atoms with Gasteiger partial charge in [-0.25, -0.2) is 0 Å². The Morgan fingerprint density at radius 1 is 0.700 bits per heavy atom. The Bertz CT molecular complexity index is 193. The average molecular weight is 320 g/mol. The molecule has 0 amide bonds. The van der Waals surface area contributed by atoms with E-state index in [-0.39, 0.29) is 20.4 Å². The van der Waals surface area contributed by atoms with Crippen LogP contribution < -0.4 is 0 Å². The van der Waals surface area contributed by atoms with Gasteiger partial charge in [-0.3, -0.25) is 0 Å². The van der Waals surface area contributed by atoms with Gasteiger partial charge in [0, 0.05) is 39.3 Å². The zero-order valence-corrected chi connectivity index (χ0v) is 16.6. The molecule has 1 fully saturated rings. The first kappa shape index (κ1) is 25.4. The van der Waals surface area contributed by atoms with Crippen molar-refractivity contribution in [3.63, 3.8) is 0 Å². The van der Waals surface area contributed by atoms with Gasteiger partial charge in [0.25, 0.3) is 0 Å². The van der Waals surface area contributed by atoms with E-state index < -0.39 is 0 Å². The Morgan fingerprint density at radius 2 is 0.850 bits per heavy atom. The van der Waals surface area contributed by atoms with Crippen LogP contribution in [0.2, 0.25) is 0 Å². The van der Waals surface area contributed by atoms with Crippen LogP contribution in [0.5, 0.6) is 0 Å². The molecule has 1 aliphatic heterocycles. The van der Waals surface area contributed by atoms with Gasteiger partial charge in [0.15, 0.2) is 0 Å². The van der Waals surface area contributed by atoms with E-state index in [0.29, 0.717) is 0 Å². The molecule has 1 heterocycles. The molecule has 0 bridgehead atoms. The molecule has 0 aliphatic carbocycles. The van der Waals surface area contributed by atoms with Crippen LogP contribution >= 0.6 is 0 Å². The average Bonchev–Trinajstić information content (AvgIpc) is 2.36. The number of rotatable bonds is 0. The molecule has 0 radical (unpaired) electrons. The molecule has 1 saturated heterocycles. The summed E-state index contributed by atoms with van der Waals surface area (Å²) in [4.78, 5) is 7.20. The van der Waals surface area contributed by atoms with Crippen molar-refractivity contribution in [3.8, 4) is 0 Å². The summed E-state index contributed by atoms with van der Waals surface area (Å²) in [6, 6.07) is 0. The first-order valence-corrected chi connectivity index (χ1v) is 7.38. The van der Waals surface area contributed by atoms with Crippen molar-refractivity contribution < 1.29 is 20.3 Å². The van der Waals surface area contributed by atoms with Crippen molar-refractivity contribution in [2.75, 3.05) is 60.4 Å². The maximum absolute atomic E-state index is 4.02. The second-order valence-corrected chi connectivity index (χ2v) is 6.54. The van der Waals surface area contributed by atoms with Crippen molar-refractivity contribution in [2.24, 2.45) is 3.42 Å². The molecule has 1 rings (SSSR count). The van der Waals surface area contributed by atoms with Gasteiger partial charge < -0.3 is 29.6 Å². The minimum Gasteiger partial charge on any atom is -0.358 e. The molecule has 0 saturated carbocycles. The predicted octanol–water partition coefficient (Wildman–Crippen LogP) is 2.21. The van der Waals surface area contributed by atoms with Crippen molar-refractivity contribution in [3.05, 3.63) is 14.9 Å². The molecule has 0 aromatic rings. The smallest absolute Gasteiger partial charge is 0.0107 e. The first-order chi connectivity index (χ1) is 8.24. The normalized spacial score (nSPS) is 19.2. The Balaban J connectivity index is -0.000000316. The number of hydrogen-bond donors (Lipinski definition) is 0. The third kappa shape index (κ3) is 16.4. The monoisotopic (exact) mass is 320 g/mol. The van der Waals surface area contributed by atoms with Gasteiger partial charge in [-0.15, -0.1) is 0 Å². The van der Waals surface area contributed by atoms with Crippen LogP contribution in [0.15, 0.2) is 3.42 Å². The second kappa shape index (κ2) is 13.1. The zero-order chi connectivity index (χ0) is 14.2. The third-order valence-electron chi connectivity index (χ3n) is 2.93. The predicted molar refractivity (Wildman–Crippen MR) is 87.5 cm³/mol. The molecule has 0 aromatic heterocycles. The molecule has 5 heteroatoms. The van der Waals surface area contributed by atoms with Crippen molar-refractivity contribution in [1.29, 1.82) is 0 Å². The van der Waals surface area contributed by atoms with Crippen LogP contribution in [0.4, 0.5) is 0 Å². The van der Waals surface area contributed by atoms with E-state index in [0.717, 1.165) is 0 Å². The summed E-state index contributed by atoms with van der Waals surface area (Å²) in [5, 5.41) is 0. The van der Waals surface area contributed by atoms with Gasteiger partial charge in [-0.05, 0) is 21.1 Å². The van der Waals surface area contributed by atoms with Crippen LogP contribution in [0.25, 0.3) is 0 Å². The second-order valence-electron chi connectivity index (χ2n) is 6.19. The third-order valence-corrected chi connectivity index (χ3v) is 3.97. The van der Waals surface area contributed by atoms with Crippen molar-refractivity contribution in [1.82, 2.24) is 14.7 Å². The van der Waals surface area contributed by atoms with Crippen LogP contribution in [0, 0.1) is 14.9 Å². The quantitative estimate of drug-likeness (QED) is 0.505. The Kier molecular flexibility index (Phi) is 16.6. The molecule has 0 N–H and O–H groups in total. The van der Waals surface area contributed by atoms with E-state index in [1.165, 1.54) is 39.3 Å². The summed E-state index contributed by atoms with van der Waals surface area (Å²) in [5.74, 6) is 0. The van der Waals surface area contributed by atoms with Crippen LogP contribution in [0.1, 0.15) is 20.8 Å². The van der Waals surface area contributed by atoms with Crippen LogP contribution in [0.3, 0.4) is 0 Å². The molecular weight excluding hydrogens is 284 g/mol. The molecule has 0 atom stereocenters. The maximum atomic E-state index is 4.02. The topological polar surface area (TPSA) is 22.1 Å². The summed E-state index contributed by atoms with van der Waals surface area (Å²) in [6.07, 6.45) is 0. The van der Waals surface area contributed by atoms with E-state index in [4.69, 9.17) is 0 Å². The zero-order valence-electron chi connectivity index (χ0n) is 15.0. The molecule has 4 nitrogen and oxygen atoms in total. The Labute approximate surface area is 140 Å². The van der Waals surface area contributed by atoms with Crippen molar-refractivity contribution in [2.45, 2.75) is 26.3 Å². The van der Waals surface area contributed by atoms with Gasteiger partial charge in [-0.2, -0.15) is 0 Å². The largest absolute Gasteiger partial charge is 0.358 e. The fourth-order valence-electron chi connectivity index (χ4n) is 1.36. The van der Waals surface area contributed by atoms with Gasteiger partial charge >= 0.3 is 50.0 Å². The van der Waals surface area contributed by atoms with Crippen LogP contribution in [-0.2, 0) is 20.3 Å². The Morgan fingerprint density at radius 3 is 0.950 bits per heavy atom. The van der Waals surface area contributed by atoms with E-state index >= 15 is 0 Å². The summed E-state index contributed by atoms with van der Waals surface area (Å²) in [6.45, 7) is 13.4. The summed E-state index contributed by atoms with van der Waals surface area (Å²) < 4.78 is 4.02. The molecule has 1 aliphatic rings. The van der Waals surface area contributed by atoms with E-state index in [2.05, 4.69) is 60.0 Å². The summed E-state index contributed by atoms with van der Waals surface area (Å²) >= 11 is 1.83. The minimum atomic E-state index is 0. The number of nitrogens with zero attached hydrogens (tertiary/aromatic N) is 4. The van der Waals surface area contributed by atoms with Gasteiger partial charge in [0.2, 0.25) is 0 Å². The van der Waals surface area contributed by atoms with E-state index in [1.54, 1.807) is 0 Å². The molecule has 0 unspecified atom stereocenters. The van der Waals surface area contributed by atoms with Gasteiger partial charge in [-0.1, -0.05) is 0 Å². The molecule has 20 heavy (non-hydrogen) atoms. The molecule has 0 spiro atoms. The van der Waals surface area contributed by atoms with E-state index in [9.17, 15) is 0 Å². The molecular formula is C15H36N4Ti. The number of hydrogen-bond acceptors (Lipinski definition) is 4. The molecule has 0 aromatic carbocycles. The Hall–Kier alpha value is 0.394. The first-order valence-electron chi connectivity index (χ1n) is 6.69.